The normalized spacial score (nSPS) is 18.3. The lowest BCUT2D eigenvalue weighted by Gasteiger charge is -2.15. The number of thiophene rings is 1. The number of halogens is 2. The highest BCUT2D eigenvalue weighted by Gasteiger charge is 2.29. The topological polar surface area (TPSA) is 42.2 Å². The predicted molar refractivity (Wildman–Crippen MR) is 86.6 cm³/mol. The quantitative estimate of drug-likeness (QED) is 0.714. The fraction of sp³-hybridized carbons (Fsp3) is 0.294. The van der Waals surface area contributed by atoms with Gasteiger partial charge >= 0.3 is 0 Å². The van der Waals surface area contributed by atoms with Crippen LogP contribution in [0.5, 0.6) is 0 Å². The average molecular weight is 347 g/mol. The summed E-state index contributed by atoms with van der Waals surface area (Å²) in [5.74, 6) is -0.225. The molecule has 1 unspecified atom stereocenters. The molecule has 4 nitrogen and oxygen atoms in total. The molecular weight excluding hydrogens is 332 g/mol. The minimum Gasteiger partial charge on any atom is -0.339 e. The molecule has 1 saturated heterocycles. The third-order valence-electron chi connectivity index (χ3n) is 4.23. The molecule has 3 aromatic rings. The van der Waals surface area contributed by atoms with Gasteiger partial charge in [-0.1, -0.05) is 23.4 Å². The summed E-state index contributed by atoms with van der Waals surface area (Å²) in [5.41, 5.74) is 0.375. The van der Waals surface area contributed by atoms with Gasteiger partial charge in [0.15, 0.2) is 11.6 Å². The Hall–Kier alpha value is -2.12. The van der Waals surface area contributed by atoms with E-state index in [-0.39, 0.29) is 5.92 Å². The van der Waals surface area contributed by atoms with Gasteiger partial charge in [-0.05, 0) is 30.5 Å². The van der Waals surface area contributed by atoms with Crippen LogP contribution < -0.4 is 0 Å². The Morgan fingerprint density at radius 2 is 2.17 bits per heavy atom. The first-order valence-corrected chi connectivity index (χ1v) is 8.61. The molecule has 1 aliphatic rings. The largest absolute Gasteiger partial charge is 0.339 e. The van der Waals surface area contributed by atoms with E-state index in [1.807, 2.05) is 17.5 Å². The molecule has 124 valence electrons. The standard InChI is InChI=1S/C17H15F2N3OS/c18-13-4-1-3-11(15(13)19)9-22-7-6-12(10-22)17-20-16(21-23-17)14-5-2-8-24-14/h1-5,8,12H,6-7,9-10H2. The van der Waals surface area contributed by atoms with E-state index in [1.54, 1.807) is 17.4 Å². The molecule has 2 aromatic heterocycles. The van der Waals surface area contributed by atoms with Crippen LogP contribution in [0.3, 0.4) is 0 Å². The van der Waals surface area contributed by atoms with Gasteiger partial charge in [0.2, 0.25) is 11.7 Å². The summed E-state index contributed by atoms with van der Waals surface area (Å²) in [6.07, 6.45) is 0.864. The Morgan fingerprint density at radius 3 is 3.00 bits per heavy atom. The van der Waals surface area contributed by atoms with E-state index >= 15 is 0 Å². The summed E-state index contributed by atoms with van der Waals surface area (Å²) >= 11 is 1.56. The van der Waals surface area contributed by atoms with Crippen LogP contribution >= 0.6 is 11.3 Å². The summed E-state index contributed by atoms with van der Waals surface area (Å²) in [6, 6.07) is 8.18. The molecule has 0 N–H and O–H groups in total. The van der Waals surface area contributed by atoms with Crippen LogP contribution in [0.2, 0.25) is 0 Å². The molecule has 0 saturated carbocycles. The smallest absolute Gasteiger partial charge is 0.231 e. The second-order valence-electron chi connectivity index (χ2n) is 5.87. The molecule has 0 aliphatic carbocycles. The van der Waals surface area contributed by atoms with Gasteiger partial charge in [0.1, 0.15) is 0 Å². The molecule has 0 spiro atoms. The lowest BCUT2D eigenvalue weighted by Crippen LogP contribution is -2.20. The minimum atomic E-state index is -0.805. The summed E-state index contributed by atoms with van der Waals surface area (Å²) < 4.78 is 32.5. The maximum Gasteiger partial charge on any atom is 0.231 e. The molecule has 24 heavy (non-hydrogen) atoms. The number of benzene rings is 1. The van der Waals surface area contributed by atoms with E-state index in [4.69, 9.17) is 4.52 Å². The summed E-state index contributed by atoms with van der Waals surface area (Å²) in [5, 5.41) is 6.00. The Bertz CT molecular complexity index is 834. The van der Waals surface area contributed by atoms with Crippen molar-refractivity contribution in [1.82, 2.24) is 15.0 Å². The van der Waals surface area contributed by atoms with E-state index < -0.39 is 11.6 Å². The van der Waals surface area contributed by atoms with E-state index in [1.165, 1.54) is 6.07 Å². The highest BCUT2D eigenvalue weighted by atomic mass is 32.1. The van der Waals surface area contributed by atoms with Crippen LogP contribution in [0.25, 0.3) is 10.7 Å². The van der Waals surface area contributed by atoms with Crippen LogP contribution in [-0.2, 0) is 6.54 Å². The first kappa shape index (κ1) is 15.4. The summed E-state index contributed by atoms with van der Waals surface area (Å²) in [6.45, 7) is 1.87. The zero-order valence-electron chi connectivity index (χ0n) is 12.8. The van der Waals surface area contributed by atoms with Crippen molar-refractivity contribution in [1.29, 1.82) is 0 Å². The minimum absolute atomic E-state index is 0.128. The fourth-order valence-electron chi connectivity index (χ4n) is 3.00. The Kier molecular flexibility index (Phi) is 4.12. The van der Waals surface area contributed by atoms with E-state index in [2.05, 4.69) is 15.0 Å². The number of likely N-dealkylation sites (tertiary alicyclic amines) is 1. The van der Waals surface area contributed by atoms with Gasteiger partial charge in [-0.25, -0.2) is 8.78 Å². The first-order chi connectivity index (χ1) is 11.7. The fourth-order valence-corrected chi connectivity index (χ4v) is 3.65. The third-order valence-corrected chi connectivity index (χ3v) is 5.10. The lowest BCUT2D eigenvalue weighted by molar-refractivity contribution is 0.303. The second-order valence-corrected chi connectivity index (χ2v) is 6.81. The van der Waals surface area contributed by atoms with E-state index in [0.717, 1.165) is 23.9 Å². The number of hydrogen-bond donors (Lipinski definition) is 0. The van der Waals surface area contributed by atoms with Crippen LogP contribution in [0.1, 0.15) is 23.8 Å². The van der Waals surface area contributed by atoms with Gasteiger partial charge < -0.3 is 4.52 Å². The molecule has 1 atom stereocenters. The molecule has 3 heterocycles. The average Bonchev–Trinajstić information content (AvgIpc) is 3.30. The van der Waals surface area contributed by atoms with Crippen molar-refractivity contribution in [3.8, 4) is 10.7 Å². The highest BCUT2D eigenvalue weighted by molar-refractivity contribution is 7.13. The predicted octanol–water partition coefficient (Wildman–Crippen LogP) is 4.07. The van der Waals surface area contributed by atoms with Gasteiger partial charge in [-0.15, -0.1) is 11.3 Å². The molecule has 1 aliphatic heterocycles. The van der Waals surface area contributed by atoms with Gasteiger partial charge in [-0.2, -0.15) is 4.98 Å². The van der Waals surface area contributed by atoms with Crippen molar-refractivity contribution in [2.24, 2.45) is 0 Å². The van der Waals surface area contributed by atoms with Crippen molar-refractivity contribution in [3.63, 3.8) is 0 Å². The lowest BCUT2D eigenvalue weighted by atomic mass is 10.1. The Labute approximate surface area is 141 Å². The van der Waals surface area contributed by atoms with E-state index in [9.17, 15) is 8.78 Å². The molecule has 1 fully saturated rings. The zero-order valence-corrected chi connectivity index (χ0v) is 13.6. The van der Waals surface area contributed by atoms with Crippen molar-refractivity contribution in [2.45, 2.75) is 18.9 Å². The first-order valence-electron chi connectivity index (χ1n) is 7.73. The summed E-state index contributed by atoms with van der Waals surface area (Å²) in [7, 11) is 0. The monoisotopic (exact) mass is 347 g/mol. The number of aromatic nitrogens is 2. The van der Waals surface area contributed by atoms with Crippen molar-refractivity contribution in [3.05, 3.63) is 58.8 Å². The summed E-state index contributed by atoms with van der Waals surface area (Å²) in [4.78, 5) is 7.53. The van der Waals surface area contributed by atoms with Crippen LogP contribution in [-0.4, -0.2) is 28.1 Å². The van der Waals surface area contributed by atoms with Crippen LogP contribution in [0.15, 0.2) is 40.2 Å². The molecular formula is C17H15F2N3OS. The molecule has 1 aromatic carbocycles. The number of rotatable bonds is 4. The zero-order chi connectivity index (χ0) is 16.5. The number of hydrogen-bond acceptors (Lipinski definition) is 5. The van der Waals surface area contributed by atoms with Crippen LogP contribution in [0.4, 0.5) is 8.78 Å². The van der Waals surface area contributed by atoms with Crippen molar-refractivity contribution >= 4 is 11.3 Å². The van der Waals surface area contributed by atoms with Gasteiger partial charge in [0, 0.05) is 18.7 Å². The SMILES string of the molecule is Fc1cccc(CN2CCC(c3nc(-c4cccs4)no3)C2)c1F. The van der Waals surface area contributed by atoms with Gasteiger partial charge in [-0.3, -0.25) is 4.90 Å². The van der Waals surface area contributed by atoms with Gasteiger partial charge in [0.25, 0.3) is 0 Å². The molecule has 0 bridgehead atoms. The van der Waals surface area contributed by atoms with Crippen molar-refractivity contribution < 1.29 is 13.3 Å². The maximum atomic E-state index is 13.8. The van der Waals surface area contributed by atoms with E-state index in [0.29, 0.717) is 30.4 Å². The Balaban J connectivity index is 1.44. The van der Waals surface area contributed by atoms with Crippen molar-refractivity contribution in [2.75, 3.05) is 13.1 Å². The maximum absolute atomic E-state index is 13.8. The number of nitrogens with zero attached hydrogens (tertiary/aromatic N) is 3. The molecule has 0 radical (unpaired) electrons. The molecule has 7 heteroatoms. The second kappa shape index (κ2) is 6.41. The highest BCUT2D eigenvalue weighted by Crippen LogP contribution is 2.30. The Morgan fingerprint density at radius 1 is 1.25 bits per heavy atom. The molecule has 0 amide bonds. The van der Waals surface area contributed by atoms with Crippen LogP contribution in [0, 0.1) is 11.6 Å². The molecule has 4 rings (SSSR count). The third kappa shape index (κ3) is 2.97. The van der Waals surface area contributed by atoms with Gasteiger partial charge in [0.05, 0.1) is 10.8 Å².